The molecule has 0 spiro atoms. The van der Waals surface area contributed by atoms with Crippen LogP contribution < -0.4 is 0 Å². The first-order chi connectivity index (χ1) is 13.4. The zero-order valence-electron chi connectivity index (χ0n) is 15.1. The second kappa shape index (κ2) is 8.41. The molecule has 1 atom stereocenters. The van der Waals surface area contributed by atoms with Gasteiger partial charge in [0, 0.05) is 42.6 Å². The smallest absolute Gasteiger partial charge is 0.222 e. The number of benzene rings is 2. The molecule has 0 aromatic heterocycles. The minimum absolute atomic E-state index is 0.0567. The molecule has 1 aliphatic heterocycles. The van der Waals surface area contributed by atoms with E-state index >= 15 is 0 Å². The highest BCUT2D eigenvalue weighted by Gasteiger charge is 2.28. The Balaban J connectivity index is 1.70. The van der Waals surface area contributed by atoms with Gasteiger partial charge in [-0.05, 0) is 18.2 Å². The maximum atomic E-state index is 13.9. The van der Waals surface area contributed by atoms with E-state index in [1.54, 1.807) is 6.92 Å². The van der Waals surface area contributed by atoms with Gasteiger partial charge >= 0.3 is 0 Å². The molecule has 4 nitrogen and oxygen atoms in total. The molecule has 2 aromatic rings. The predicted molar refractivity (Wildman–Crippen MR) is 94.5 cm³/mol. The summed E-state index contributed by atoms with van der Waals surface area (Å²) in [5.74, 6) is -3.13. The van der Waals surface area contributed by atoms with Crippen molar-refractivity contribution in [2.45, 2.75) is 32.4 Å². The standard InChI is InChI=1S/C20H18F4N2O2/c1-2-20(27)26(10-12-3-4-13(21)7-17(12)23)11-15-9-19(25-28-15)16-6-5-14(22)8-18(16)24/h3-8,15H,2,9-11H2,1H3/t15-/m0/s1. The largest absolute Gasteiger partial charge is 0.390 e. The number of carbonyl (C=O) groups is 1. The van der Waals surface area contributed by atoms with Crippen LogP contribution in [0, 0.1) is 23.3 Å². The highest BCUT2D eigenvalue weighted by molar-refractivity contribution is 6.01. The van der Waals surface area contributed by atoms with E-state index < -0.39 is 29.4 Å². The zero-order valence-corrected chi connectivity index (χ0v) is 15.1. The quantitative estimate of drug-likeness (QED) is 0.690. The second-order valence-electron chi connectivity index (χ2n) is 6.46. The van der Waals surface area contributed by atoms with Crippen molar-refractivity contribution in [2.24, 2.45) is 5.16 Å². The first-order valence-electron chi connectivity index (χ1n) is 8.77. The molecule has 0 fully saturated rings. The molecule has 3 rings (SSSR count). The monoisotopic (exact) mass is 394 g/mol. The van der Waals surface area contributed by atoms with E-state index in [4.69, 9.17) is 4.84 Å². The zero-order chi connectivity index (χ0) is 20.3. The van der Waals surface area contributed by atoms with Gasteiger partial charge in [0.05, 0.1) is 12.3 Å². The summed E-state index contributed by atoms with van der Waals surface area (Å²) < 4.78 is 54.0. The van der Waals surface area contributed by atoms with Gasteiger partial charge in [-0.2, -0.15) is 0 Å². The van der Waals surface area contributed by atoms with Gasteiger partial charge in [0.15, 0.2) is 6.10 Å². The van der Waals surface area contributed by atoms with Gasteiger partial charge < -0.3 is 9.74 Å². The van der Waals surface area contributed by atoms with Gasteiger partial charge in [-0.3, -0.25) is 4.79 Å². The molecule has 2 aromatic carbocycles. The lowest BCUT2D eigenvalue weighted by atomic mass is 10.0. The molecule has 1 amide bonds. The molecule has 1 aliphatic rings. The number of hydrogen-bond donors (Lipinski definition) is 0. The van der Waals surface area contributed by atoms with Crippen LogP contribution in [0.4, 0.5) is 17.6 Å². The van der Waals surface area contributed by atoms with Crippen molar-refractivity contribution >= 4 is 11.6 Å². The molecule has 8 heteroatoms. The van der Waals surface area contributed by atoms with Gasteiger partial charge in [0.1, 0.15) is 23.3 Å². The Hall–Kier alpha value is -2.90. The Morgan fingerprint density at radius 1 is 1.11 bits per heavy atom. The maximum absolute atomic E-state index is 13.9. The van der Waals surface area contributed by atoms with Crippen molar-refractivity contribution in [1.82, 2.24) is 4.90 Å². The lowest BCUT2D eigenvalue weighted by Gasteiger charge is -2.24. The average Bonchev–Trinajstić information content (AvgIpc) is 3.10. The molecule has 1 heterocycles. The van der Waals surface area contributed by atoms with Crippen LogP contribution in [0.2, 0.25) is 0 Å². The van der Waals surface area contributed by atoms with Gasteiger partial charge in [-0.25, -0.2) is 17.6 Å². The van der Waals surface area contributed by atoms with Crippen LogP contribution in [0.1, 0.15) is 30.9 Å². The number of halogens is 4. The Morgan fingerprint density at radius 3 is 2.43 bits per heavy atom. The molecule has 0 bridgehead atoms. The predicted octanol–water partition coefficient (Wildman–Crippen LogP) is 4.17. The summed E-state index contributed by atoms with van der Waals surface area (Å²) in [6, 6.07) is 6.32. The molecule has 0 saturated carbocycles. The summed E-state index contributed by atoms with van der Waals surface area (Å²) in [6.07, 6.45) is -0.156. The fourth-order valence-corrected chi connectivity index (χ4v) is 2.99. The van der Waals surface area contributed by atoms with E-state index in [1.807, 2.05) is 0 Å². The lowest BCUT2D eigenvalue weighted by molar-refractivity contribution is -0.133. The van der Waals surface area contributed by atoms with Crippen molar-refractivity contribution in [3.63, 3.8) is 0 Å². The van der Waals surface area contributed by atoms with Crippen molar-refractivity contribution in [3.8, 4) is 0 Å². The summed E-state index contributed by atoms with van der Waals surface area (Å²) in [5, 5.41) is 3.84. The third-order valence-corrected chi connectivity index (χ3v) is 4.43. The van der Waals surface area contributed by atoms with Gasteiger partial charge in [0.2, 0.25) is 5.91 Å². The summed E-state index contributed by atoms with van der Waals surface area (Å²) >= 11 is 0. The van der Waals surface area contributed by atoms with E-state index in [2.05, 4.69) is 5.16 Å². The lowest BCUT2D eigenvalue weighted by Crippen LogP contribution is -2.37. The highest BCUT2D eigenvalue weighted by atomic mass is 19.1. The molecule has 0 unspecified atom stereocenters. The summed E-state index contributed by atoms with van der Waals surface area (Å²) in [6.45, 7) is 1.71. The van der Waals surface area contributed by atoms with Crippen LogP contribution in [0.3, 0.4) is 0 Å². The average molecular weight is 394 g/mol. The molecular formula is C20H18F4N2O2. The van der Waals surface area contributed by atoms with E-state index in [0.29, 0.717) is 5.71 Å². The van der Waals surface area contributed by atoms with Crippen LogP contribution in [0.5, 0.6) is 0 Å². The molecule has 0 radical (unpaired) electrons. The van der Waals surface area contributed by atoms with Crippen LogP contribution in [0.15, 0.2) is 41.6 Å². The van der Waals surface area contributed by atoms with E-state index in [-0.39, 0.29) is 43.0 Å². The van der Waals surface area contributed by atoms with Gasteiger partial charge in [-0.15, -0.1) is 0 Å². The minimum atomic E-state index is -0.752. The van der Waals surface area contributed by atoms with E-state index in [9.17, 15) is 22.4 Å². The minimum Gasteiger partial charge on any atom is -0.390 e. The molecule has 0 N–H and O–H groups in total. The Kier molecular flexibility index (Phi) is 5.96. The number of amides is 1. The Morgan fingerprint density at radius 2 is 1.79 bits per heavy atom. The van der Waals surface area contributed by atoms with Crippen LogP contribution in [0.25, 0.3) is 0 Å². The molecule has 0 saturated heterocycles. The number of oxime groups is 1. The summed E-state index contributed by atoms with van der Waals surface area (Å²) in [7, 11) is 0. The molecule has 28 heavy (non-hydrogen) atoms. The number of hydrogen-bond acceptors (Lipinski definition) is 3. The Labute approximate surface area is 159 Å². The second-order valence-corrected chi connectivity index (χ2v) is 6.46. The first kappa shape index (κ1) is 19.9. The summed E-state index contributed by atoms with van der Waals surface area (Å²) in [5.41, 5.74) is 0.605. The molecule has 0 aliphatic carbocycles. The number of nitrogens with zero attached hydrogens (tertiary/aromatic N) is 2. The number of carbonyl (C=O) groups excluding carboxylic acids is 1. The fraction of sp³-hybridized carbons (Fsp3) is 0.300. The normalized spacial score (nSPS) is 15.9. The highest BCUT2D eigenvalue weighted by Crippen LogP contribution is 2.22. The third-order valence-electron chi connectivity index (χ3n) is 4.43. The summed E-state index contributed by atoms with van der Waals surface area (Å²) in [4.78, 5) is 18.9. The fourth-order valence-electron chi connectivity index (χ4n) is 2.99. The van der Waals surface area contributed by atoms with Crippen molar-refractivity contribution < 1.29 is 27.2 Å². The maximum Gasteiger partial charge on any atom is 0.222 e. The van der Waals surface area contributed by atoms with Crippen LogP contribution in [-0.4, -0.2) is 29.2 Å². The van der Waals surface area contributed by atoms with Gasteiger partial charge in [-0.1, -0.05) is 18.1 Å². The van der Waals surface area contributed by atoms with Crippen LogP contribution in [-0.2, 0) is 16.2 Å². The molecular weight excluding hydrogens is 376 g/mol. The van der Waals surface area contributed by atoms with Crippen LogP contribution >= 0.6 is 0 Å². The topological polar surface area (TPSA) is 41.9 Å². The SMILES string of the molecule is CCC(=O)N(Cc1ccc(F)cc1F)C[C@@H]1CC(c2ccc(F)cc2F)=NO1. The van der Waals surface area contributed by atoms with Gasteiger partial charge in [0.25, 0.3) is 0 Å². The van der Waals surface area contributed by atoms with Crippen molar-refractivity contribution in [2.75, 3.05) is 6.54 Å². The molecule has 148 valence electrons. The van der Waals surface area contributed by atoms with Crippen molar-refractivity contribution in [1.29, 1.82) is 0 Å². The van der Waals surface area contributed by atoms with E-state index in [0.717, 1.165) is 24.3 Å². The van der Waals surface area contributed by atoms with E-state index in [1.165, 1.54) is 17.0 Å². The Bertz CT molecular complexity index is 917. The number of rotatable bonds is 6. The van der Waals surface area contributed by atoms with Crippen molar-refractivity contribution in [3.05, 3.63) is 70.8 Å². The third kappa shape index (κ3) is 4.49. The first-order valence-corrected chi connectivity index (χ1v) is 8.77.